The van der Waals surface area contributed by atoms with Crippen LogP contribution in [0.25, 0.3) is 22.3 Å². The summed E-state index contributed by atoms with van der Waals surface area (Å²) in [6.45, 7) is 0. The number of halogens is 2. The van der Waals surface area contributed by atoms with Crippen LogP contribution in [0.15, 0.2) is 53.7 Å². The first-order valence-corrected chi connectivity index (χ1v) is 8.52. The Morgan fingerprint density at radius 2 is 1.78 bits per heavy atom. The Kier molecular flexibility index (Phi) is 5.39. The minimum absolute atomic E-state index is 0.121. The molecule has 0 aliphatic carbocycles. The maximum atomic E-state index is 9.60. The molecular formula is C19H15Cl2N3O3. The summed E-state index contributed by atoms with van der Waals surface area (Å²) < 4.78 is 5.38. The molecule has 1 heterocycles. The zero-order valence-electron chi connectivity index (χ0n) is 14.1. The van der Waals surface area contributed by atoms with Gasteiger partial charge in [-0.15, -0.1) is 0 Å². The third-order valence-corrected chi connectivity index (χ3v) is 4.38. The van der Waals surface area contributed by atoms with Crippen LogP contribution in [0.1, 0.15) is 5.56 Å². The highest BCUT2D eigenvalue weighted by Gasteiger charge is 2.21. The molecule has 0 aliphatic rings. The highest BCUT2D eigenvalue weighted by molar-refractivity contribution is 6.32. The van der Waals surface area contributed by atoms with Crippen LogP contribution < -0.4 is 10.5 Å². The van der Waals surface area contributed by atoms with Crippen molar-refractivity contribution in [3.05, 3.63) is 64.3 Å². The normalized spacial score (nSPS) is 11.4. The maximum Gasteiger partial charge on any atom is 0.222 e. The number of nitrogens with two attached hydrogens (primary N) is 1. The Morgan fingerprint density at radius 1 is 1.07 bits per heavy atom. The topological polar surface area (TPSA) is 101 Å². The Bertz CT molecular complexity index is 1020. The summed E-state index contributed by atoms with van der Waals surface area (Å²) in [6, 6.07) is 13.3. The molecule has 8 heteroatoms. The van der Waals surface area contributed by atoms with Gasteiger partial charge in [-0.25, -0.2) is 4.98 Å². The molecule has 2 aromatic carbocycles. The lowest BCUT2D eigenvalue weighted by Crippen LogP contribution is -2.15. The maximum absolute atomic E-state index is 9.60. The zero-order chi connectivity index (χ0) is 19.6. The quantitative estimate of drug-likeness (QED) is 0.195. The first-order valence-electron chi connectivity index (χ1n) is 7.76. The van der Waals surface area contributed by atoms with Gasteiger partial charge in [-0.2, -0.15) is 0 Å². The molecule has 27 heavy (non-hydrogen) atoms. The van der Waals surface area contributed by atoms with Gasteiger partial charge in [0.05, 0.1) is 7.11 Å². The Labute approximate surface area is 165 Å². The van der Waals surface area contributed by atoms with Gasteiger partial charge in [0.2, 0.25) is 5.88 Å². The molecule has 0 bridgehead atoms. The number of aromatic hydroxyl groups is 1. The highest BCUT2D eigenvalue weighted by Crippen LogP contribution is 2.41. The average Bonchev–Trinajstić information content (AvgIpc) is 2.67. The summed E-state index contributed by atoms with van der Waals surface area (Å²) in [7, 11) is 1.47. The molecule has 3 rings (SSSR count). The molecule has 0 saturated carbocycles. The van der Waals surface area contributed by atoms with E-state index in [1.54, 1.807) is 48.5 Å². The predicted molar refractivity (Wildman–Crippen MR) is 106 cm³/mol. The van der Waals surface area contributed by atoms with Gasteiger partial charge in [0.1, 0.15) is 10.9 Å². The average molecular weight is 404 g/mol. The van der Waals surface area contributed by atoms with Crippen LogP contribution in [0.3, 0.4) is 0 Å². The van der Waals surface area contributed by atoms with E-state index < -0.39 is 0 Å². The summed E-state index contributed by atoms with van der Waals surface area (Å²) in [5.74, 6) is 0.283. The summed E-state index contributed by atoms with van der Waals surface area (Å²) >= 11 is 12.3. The molecule has 6 nitrogen and oxygen atoms in total. The number of phenolic OH excluding ortho intramolecular Hbond substituents is 1. The number of oxime groups is 1. The first-order chi connectivity index (χ1) is 12.9. The lowest BCUT2D eigenvalue weighted by molar-refractivity contribution is 0.318. The van der Waals surface area contributed by atoms with Crippen molar-refractivity contribution < 1.29 is 15.1 Å². The standard InChI is InChI=1S/C19H15Cl2N3O3/c1-27-19-13(6-7-16(21)23-19)17-14(10-2-4-12(25)5-3-10)8-11(20)9-15(17)18(22)24-26/h2-9,25-26H,1H3,(H2,22,24). The van der Waals surface area contributed by atoms with Gasteiger partial charge >= 0.3 is 0 Å². The van der Waals surface area contributed by atoms with Crippen LogP contribution in [-0.2, 0) is 0 Å². The second kappa shape index (κ2) is 7.73. The molecule has 4 N–H and O–H groups in total. The predicted octanol–water partition coefficient (Wildman–Crippen LogP) is 4.53. The van der Waals surface area contributed by atoms with Gasteiger partial charge < -0.3 is 20.8 Å². The van der Waals surface area contributed by atoms with Gasteiger partial charge in [-0.1, -0.05) is 40.5 Å². The molecule has 0 amide bonds. The monoisotopic (exact) mass is 403 g/mol. The molecule has 0 saturated heterocycles. The molecule has 0 atom stereocenters. The Balaban J connectivity index is 2.41. The van der Waals surface area contributed by atoms with Gasteiger partial charge in [0, 0.05) is 21.7 Å². The zero-order valence-corrected chi connectivity index (χ0v) is 15.7. The number of phenols is 1. The van der Waals surface area contributed by atoms with Crippen molar-refractivity contribution in [3.63, 3.8) is 0 Å². The largest absolute Gasteiger partial charge is 0.508 e. The third-order valence-electron chi connectivity index (χ3n) is 3.95. The van der Waals surface area contributed by atoms with E-state index in [4.69, 9.17) is 33.7 Å². The fraction of sp³-hybridized carbons (Fsp3) is 0.0526. The van der Waals surface area contributed by atoms with Crippen LogP contribution >= 0.6 is 23.2 Å². The van der Waals surface area contributed by atoms with Crippen LogP contribution in [0, 0.1) is 0 Å². The Morgan fingerprint density at radius 3 is 2.41 bits per heavy atom. The molecule has 138 valence electrons. The van der Waals surface area contributed by atoms with E-state index in [0.717, 1.165) is 5.56 Å². The van der Waals surface area contributed by atoms with Crippen molar-refractivity contribution in [3.8, 4) is 33.9 Å². The van der Waals surface area contributed by atoms with Crippen LogP contribution in [0.5, 0.6) is 11.6 Å². The van der Waals surface area contributed by atoms with Crippen molar-refractivity contribution >= 4 is 29.0 Å². The molecule has 0 fully saturated rings. The fourth-order valence-corrected chi connectivity index (χ4v) is 3.14. The SMILES string of the molecule is COc1nc(Cl)ccc1-c1c(C(N)=NO)cc(Cl)cc1-c1ccc(O)cc1. The van der Waals surface area contributed by atoms with Crippen LogP contribution in [-0.4, -0.2) is 28.2 Å². The van der Waals surface area contributed by atoms with Crippen molar-refractivity contribution in [1.29, 1.82) is 0 Å². The highest BCUT2D eigenvalue weighted by atomic mass is 35.5. The number of pyridine rings is 1. The van der Waals surface area contributed by atoms with E-state index in [0.29, 0.717) is 27.3 Å². The number of hydrogen-bond acceptors (Lipinski definition) is 5. The van der Waals surface area contributed by atoms with Gasteiger partial charge in [-0.3, -0.25) is 0 Å². The molecular weight excluding hydrogens is 389 g/mol. The summed E-state index contributed by atoms with van der Waals surface area (Å²) in [5.41, 5.74) is 8.94. The van der Waals surface area contributed by atoms with Crippen LogP contribution in [0.2, 0.25) is 10.2 Å². The lowest BCUT2D eigenvalue weighted by Gasteiger charge is -2.17. The van der Waals surface area contributed by atoms with E-state index in [-0.39, 0.29) is 22.6 Å². The lowest BCUT2D eigenvalue weighted by atomic mass is 9.90. The minimum Gasteiger partial charge on any atom is -0.508 e. The smallest absolute Gasteiger partial charge is 0.222 e. The van der Waals surface area contributed by atoms with Crippen LogP contribution in [0.4, 0.5) is 0 Å². The van der Waals surface area contributed by atoms with Gasteiger partial charge in [0.15, 0.2) is 5.84 Å². The van der Waals surface area contributed by atoms with Crippen molar-refractivity contribution in [1.82, 2.24) is 4.98 Å². The third kappa shape index (κ3) is 3.77. The fourth-order valence-electron chi connectivity index (χ4n) is 2.79. The second-order valence-corrected chi connectivity index (χ2v) is 6.42. The Hall–Kier alpha value is -2.96. The second-order valence-electron chi connectivity index (χ2n) is 5.60. The van der Waals surface area contributed by atoms with Crippen molar-refractivity contribution in [2.75, 3.05) is 7.11 Å². The number of ether oxygens (including phenoxy) is 1. The number of methoxy groups -OCH3 is 1. The summed E-state index contributed by atoms with van der Waals surface area (Å²) in [5, 5.41) is 22.6. The van der Waals surface area contributed by atoms with E-state index >= 15 is 0 Å². The van der Waals surface area contributed by atoms with Gasteiger partial charge in [-0.05, 0) is 47.5 Å². The molecule has 1 aromatic heterocycles. The van der Waals surface area contributed by atoms with E-state index in [2.05, 4.69) is 10.1 Å². The number of hydrogen-bond donors (Lipinski definition) is 3. The van der Waals surface area contributed by atoms with E-state index in [9.17, 15) is 10.3 Å². The molecule has 0 spiro atoms. The van der Waals surface area contributed by atoms with E-state index in [1.165, 1.54) is 7.11 Å². The summed E-state index contributed by atoms with van der Waals surface area (Å²) in [6.07, 6.45) is 0. The number of rotatable bonds is 4. The number of aromatic nitrogens is 1. The van der Waals surface area contributed by atoms with Gasteiger partial charge in [0.25, 0.3) is 0 Å². The van der Waals surface area contributed by atoms with Crippen molar-refractivity contribution in [2.45, 2.75) is 0 Å². The number of benzene rings is 2. The molecule has 0 radical (unpaired) electrons. The first kappa shape index (κ1) is 18.8. The van der Waals surface area contributed by atoms with E-state index in [1.807, 2.05) is 0 Å². The molecule has 0 unspecified atom stereocenters. The minimum atomic E-state index is -0.121. The molecule has 0 aliphatic heterocycles. The number of nitrogens with zero attached hydrogens (tertiary/aromatic N) is 2. The van der Waals surface area contributed by atoms with Crippen molar-refractivity contribution in [2.24, 2.45) is 10.9 Å². The molecule has 3 aromatic rings. The summed E-state index contributed by atoms with van der Waals surface area (Å²) in [4.78, 5) is 4.19. The number of amidine groups is 1.